The average molecular weight is 267 g/mol. The lowest BCUT2D eigenvalue weighted by Gasteiger charge is -2.12. The molecule has 0 fully saturated rings. The van der Waals surface area contributed by atoms with Crippen molar-refractivity contribution in [3.63, 3.8) is 0 Å². The van der Waals surface area contributed by atoms with Gasteiger partial charge in [0.25, 0.3) is 0 Å². The van der Waals surface area contributed by atoms with E-state index in [1.807, 2.05) is 13.0 Å². The number of nitrogens with two attached hydrogens (primary N) is 1. The highest BCUT2D eigenvalue weighted by molar-refractivity contribution is 6.31. The van der Waals surface area contributed by atoms with Crippen molar-refractivity contribution in [2.45, 2.75) is 13.3 Å². The monoisotopic (exact) mass is 266 g/mol. The number of benzene rings is 1. The Hall–Kier alpha value is -1.59. The molecule has 2 N–H and O–H groups in total. The topological polar surface area (TPSA) is 66.0 Å². The van der Waals surface area contributed by atoms with Crippen molar-refractivity contribution in [1.29, 1.82) is 0 Å². The van der Waals surface area contributed by atoms with Crippen molar-refractivity contribution >= 4 is 11.6 Å². The Morgan fingerprint density at radius 1 is 1.44 bits per heavy atom. The van der Waals surface area contributed by atoms with E-state index in [0.717, 1.165) is 16.9 Å². The molecule has 1 aromatic carbocycles. The maximum absolute atomic E-state index is 6.08. The summed E-state index contributed by atoms with van der Waals surface area (Å²) in [7, 11) is 1.60. The molecule has 0 aliphatic heterocycles. The zero-order chi connectivity index (χ0) is 13.1. The predicted octanol–water partition coefficient (Wildman–Crippen LogP) is 1.74. The van der Waals surface area contributed by atoms with Gasteiger partial charge >= 0.3 is 0 Å². The van der Waals surface area contributed by atoms with Gasteiger partial charge in [-0.25, -0.2) is 4.68 Å². The van der Waals surface area contributed by atoms with E-state index in [9.17, 15) is 0 Å². The zero-order valence-corrected chi connectivity index (χ0v) is 11.1. The van der Waals surface area contributed by atoms with Crippen molar-refractivity contribution in [2.75, 3.05) is 13.7 Å². The zero-order valence-electron chi connectivity index (χ0n) is 10.4. The molecule has 6 heteroatoms. The molecule has 18 heavy (non-hydrogen) atoms. The summed E-state index contributed by atoms with van der Waals surface area (Å²) in [5.41, 5.74) is 8.29. The lowest BCUT2D eigenvalue weighted by Crippen LogP contribution is -2.10. The molecule has 0 aliphatic rings. The summed E-state index contributed by atoms with van der Waals surface area (Å²) in [6, 6.07) is 3.70. The van der Waals surface area contributed by atoms with Gasteiger partial charge in [-0.2, -0.15) is 0 Å². The molecule has 0 saturated carbocycles. The molecule has 0 aliphatic carbocycles. The van der Waals surface area contributed by atoms with Crippen LogP contribution in [0.1, 0.15) is 11.3 Å². The van der Waals surface area contributed by atoms with Crippen molar-refractivity contribution < 1.29 is 4.74 Å². The molecule has 0 radical (unpaired) electrons. The third-order valence-electron chi connectivity index (χ3n) is 2.71. The number of rotatable bonds is 4. The molecule has 2 rings (SSSR count). The Kier molecular flexibility index (Phi) is 3.84. The maximum atomic E-state index is 6.08. The molecule has 1 heterocycles. The molecule has 0 bridgehead atoms. The molecule has 0 amide bonds. The Labute approximate surface area is 111 Å². The molecule has 96 valence electrons. The maximum Gasteiger partial charge on any atom is 0.146 e. The number of halogens is 1. The second-order valence-electron chi connectivity index (χ2n) is 3.95. The van der Waals surface area contributed by atoms with Gasteiger partial charge in [0, 0.05) is 17.5 Å². The van der Waals surface area contributed by atoms with E-state index >= 15 is 0 Å². The molecular formula is C12H15ClN4O. The van der Waals surface area contributed by atoms with Crippen molar-refractivity contribution in [1.82, 2.24) is 15.0 Å². The van der Waals surface area contributed by atoms with Crippen LogP contribution in [0.4, 0.5) is 0 Å². The summed E-state index contributed by atoms with van der Waals surface area (Å²) in [6.07, 6.45) is 2.41. The minimum absolute atomic E-state index is 0.544. The van der Waals surface area contributed by atoms with Crippen LogP contribution in [0.15, 0.2) is 18.3 Å². The summed E-state index contributed by atoms with van der Waals surface area (Å²) >= 11 is 6.08. The summed E-state index contributed by atoms with van der Waals surface area (Å²) in [5, 5.41) is 8.65. The Morgan fingerprint density at radius 2 is 2.22 bits per heavy atom. The van der Waals surface area contributed by atoms with Crippen LogP contribution < -0.4 is 10.5 Å². The van der Waals surface area contributed by atoms with Crippen molar-refractivity contribution in [3.05, 3.63) is 34.6 Å². The van der Waals surface area contributed by atoms with Gasteiger partial charge in [0.1, 0.15) is 11.4 Å². The van der Waals surface area contributed by atoms with Crippen LogP contribution in [-0.2, 0) is 6.42 Å². The van der Waals surface area contributed by atoms with E-state index in [4.69, 9.17) is 22.1 Å². The fourth-order valence-corrected chi connectivity index (χ4v) is 1.91. The van der Waals surface area contributed by atoms with Crippen LogP contribution in [0.5, 0.6) is 5.75 Å². The number of ether oxygens (including phenoxy) is 1. The van der Waals surface area contributed by atoms with E-state index in [2.05, 4.69) is 10.3 Å². The molecule has 5 nitrogen and oxygen atoms in total. The number of aromatic nitrogens is 3. The van der Waals surface area contributed by atoms with E-state index in [0.29, 0.717) is 23.7 Å². The van der Waals surface area contributed by atoms with Gasteiger partial charge < -0.3 is 10.5 Å². The Bertz CT molecular complexity index is 553. The number of hydrogen-bond donors (Lipinski definition) is 1. The smallest absolute Gasteiger partial charge is 0.146 e. The van der Waals surface area contributed by atoms with Gasteiger partial charge in [-0.3, -0.25) is 0 Å². The number of nitrogens with zero attached hydrogens (tertiary/aromatic N) is 3. The van der Waals surface area contributed by atoms with Gasteiger partial charge in [-0.15, -0.1) is 5.10 Å². The minimum Gasteiger partial charge on any atom is -0.494 e. The molecule has 2 aromatic rings. The predicted molar refractivity (Wildman–Crippen MR) is 70.4 cm³/mol. The first-order valence-electron chi connectivity index (χ1n) is 5.61. The highest BCUT2D eigenvalue weighted by Crippen LogP contribution is 2.29. The standard InChI is InChI=1S/C12H15ClN4O/c1-8-5-11(12(18-2)6-10(8)13)17-9(3-4-14)7-15-16-17/h5-7H,3-4,14H2,1-2H3. The summed E-state index contributed by atoms with van der Waals surface area (Å²) < 4.78 is 7.06. The fraction of sp³-hybridized carbons (Fsp3) is 0.333. The van der Waals surface area contributed by atoms with Crippen molar-refractivity contribution in [3.8, 4) is 11.4 Å². The third kappa shape index (κ3) is 2.32. The fourth-order valence-electron chi connectivity index (χ4n) is 1.75. The van der Waals surface area contributed by atoms with Gasteiger partial charge in [-0.05, 0) is 25.1 Å². The first-order chi connectivity index (χ1) is 8.67. The highest BCUT2D eigenvalue weighted by atomic mass is 35.5. The molecule has 0 unspecified atom stereocenters. The third-order valence-corrected chi connectivity index (χ3v) is 3.12. The SMILES string of the molecule is COc1cc(Cl)c(C)cc1-n1nncc1CCN. The first-order valence-corrected chi connectivity index (χ1v) is 5.99. The van der Waals surface area contributed by atoms with Gasteiger partial charge in [0.2, 0.25) is 0 Å². The Morgan fingerprint density at radius 3 is 2.89 bits per heavy atom. The van der Waals surface area contributed by atoms with Gasteiger partial charge in [0.05, 0.1) is 19.0 Å². The number of hydrogen-bond acceptors (Lipinski definition) is 4. The van der Waals surface area contributed by atoms with Crippen LogP contribution in [0.3, 0.4) is 0 Å². The normalized spacial score (nSPS) is 10.7. The molecule has 0 atom stereocenters. The lowest BCUT2D eigenvalue weighted by atomic mass is 10.2. The van der Waals surface area contributed by atoms with Crippen LogP contribution in [0.2, 0.25) is 5.02 Å². The van der Waals surface area contributed by atoms with Crippen LogP contribution >= 0.6 is 11.6 Å². The van der Waals surface area contributed by atoms with E-state index in [1.54, 1.807) is 24.1 Å². The number of methoxy groups -OCH3 is 1. The average Bonchev–Trinajstić information content (AvgIpc) is 2.80. The lowest BCUT2D eigenvalue weighted by molar-refractivity contribution is 0.411. The minimum atomic E-state index is 0.544. The van der Waals surface area contributed by atoms with Crippen LogP contribution in [0, 0.1) is 6.92 Å². The molecule has 1 aromatic heterocycles. The summed E-state index contributed by atoms with van der Waals surface area (Å²) in [4.78, 5) is 0. The largest absolute Gasteiger partial charge is 0.494 e. The van der Waals surface area contributed by atoms with E-state index < -0.39 is 0 Å². The second kappa shape index (κ2) is 5.37. The van der Waals surface area contributed by atoms with Crippen LogP contribution in [0.25, 0.3) is 5.69 Å². The van der Waals surface area contributed by atoms with Gasteiger partial charge in [0.15, 0.2) is 0 Å². The number of aryl methyl sites for hydroxylation is 1. The van der Waals surface area contributed by atoms with Gasteiger partial charge in [-0.1, -0.05) is 16.8 Å². The van der Waals surface area contributed by atoms with E-state index in [-0.39, 0.29) is 0 Å². The molecule has 0 spiro atoms. The molecular weight excluding hydrogens is 252 g/mol. The summed E-state index contributed by atoms with van der Waals surface area (Å²) in [5.74, 6) is 0.661. The van der Waals surface area contributed by atoms with Crippen LogP contribution in [-0.4, -0.2) is 28.6 Å². The summed E-state index contributed by atoms with van der Waals surface area (Å²) in [6.45, 7) is 2.48. The second-order valence-corrected chi connectivity index (χ2v) is 4.36. The van der Waals surface area contributed by atoms with E-state index in [1.165, 1.54) is 0 Å². The quantitative estimate of drug-likeness (QED) is 0.915. The highest BCUT2D eigenvalue weighted by Gasteiger charge is 2.13. The molecule has 0 saturated heterocycles. The Balaban J connectivity index is 2.55. The van der Waals surface area contributed by atoms with Crippen molar-refractivity contribution in [2.24, 2.45) is 5.73 Å². The first kappa shape index (κ1) is 12.9.